The zero-order valence-corrected chi connectivity index (χ0v) is 40.5. The molecule has 0 amide bonds. The van der Waals surface area contributed by atoms with E-state index >= 15 is 0 Å². The largest absolute Gasteiger partial charge is 0.497 e. The molecular formula is C52H78B2OSn. The van der Waals surface area contributed by atoms with Crippen LogP contribution in [0.15, 0.2) is 65.8 Å². The normalized spacial score (nSPS) is 10.6. The first-order valence-corrected chi connectivity index (χ1v) is 28.7. The molecule has 4 aromatic rings. The van der Waals surface area contributed by atoms with Gasteiger partial charge in [-0.25, -0.2) is 0 Å². The molecule has 1 nitrogen and oxygen atoms in total. The molecule has 4 heteroatoms. The second-order valence-electron chi connectivity index (χ2n) is 16.2. The molecule has 56 heavy (non-hydrogen) atoms. The smallest absolute Gasteiger partial charge is 0.192 e. The van der Waals surface area contributed by atoms with Gasteiger partial charge >= 0.3 is 102 Å². The monoisotopic (exact) mass is 861 g/mol. The standard InChI is InChI=1S/C19H22B.C18H22BO.3C4H9.C2H3.CH4.Sn/c1-7-17-10-15(5)19(16(6)11-17)20-18-13(3)8-12(2)9-14(18)4;1-11-7-12(2)17(13(3)8-11)19-18-14(4)9-16(20-6)10-15(18)5;3*1-3-4-2;1-2;;/h7-11H,1H2,2-6H3;7-10H,1-6H3;3*1,3-4H2,2H3;1H,2H2;1H4;. The Kier molecular flexibility index (Phi) is 23.2. The van der Waals surface area contributed by atoms with Crippen molar-refractivity contribution < 1.29 is 4.74 Å². The van der Waals surface area contributed by atoms with Crippen LogP contribution < -0.4 is 26.6 Å². The molecule has 0 fully saturated rings. The fourth-order valence-electron chi connectivity index (χ4n) is 8.03. The molecule has 0 aliphatic rings. The predicted octanol–water partition coefficient (Wildman–Crippen LogP) is 12.6. The second-order valence-corrected chi connectivity index (χ2v) is 29.5. The Morgan fingerprint density at radius 1 is 0.500 bits per heavy atom. The number of methoxy groups -OCH3 is 1. The van der Waals surface area contributed by atoms with Gasteiger partial charge in [0.1, 0.15) is 5.75 Å². The molecule has 0 saturated heterocycles. The first kappa shape index (κ1) is 51.1. The van der Waals surface area contributed by atoms with Crippen molar-refractivity contribution >= 4 is 60.9 Å². The molecule has 302 valence electrons. The van der Waals surface area contributed by atoms with Gasteiger partial charge in [0.15, 0.2) is 14.6 Å². The van der Waals surface area contributed by atoms with E-state index in [1.165, 1.54) is 122 Å². The van der Waals surface area contributed by atoms with E-state index in [0.29, 0.717) is 0 Å². The van der Waals surface area contributed by atoms with E-state index < -0.39 is 18.4 Å². The minimum absolute atomic E-state index is 0. The summed E-state index contributed by atoms with van der Waals surface area (Å²) in [7, 11) is 6.34. The average Bonchev–Trinajstić information content (AvgIpc) is 3.13. The summed E-state index contributed by atoms with van der Waals surface area (Å²) < 4.78 is 12.5. The molecule has 0 aliphatic heterocycles. The van der Waals surface area contributed by atoms with Crippen LogP contribution in [0, 0.1) is 69.2 Å². The van der Waals surface area contributed by atoms with E-state index in [2.05, 4.69) is 170 Å². The van der Waals surface area contributed by atoms with Crippen molar-refractivity contribution in [1.82, 2.24) is 0 Å². The SMILES string of the molecule is C.C=Cc1cc(C)c([B]c2c(C)cc(C)cc2C)c(C)c1.C=[CH][Sn]([CH2]CCC)([CH2]CCC)[CH2]CCC.COc1cc(C)c([B]c2c(C)cc(C)cc2C)c(C)c1. The third-order valence-corrected chi connectivity index (χ3v) is 25.3. The van der Waals surface area contributed by atoms with Crippen LogP contribution in [0.3, 0.4) is 0 Å². The van der Waals surface area contributed by atoms with E-state index in [-0.39, 0.29) is 7.43 Å². The quantitative estimate of drug-likeness (QED) is 0.102. The Balaban J connectivity index is 0.000000422. The molecule has 0 unspecified atom stereocenters. The topological polar surface area (TPSA) is 9.23 Å². The van der Waals surface area contributed by atoms with Crippen LogP contribution in [0.5, 0.6) is 5.75 Å². The van der Waals surface area contributed by atoms with E-state index in [1.54, 1.807) is 20.4 Å². The van der Waals surface area contributed by atoms with E-state index in [9.17, 15) is 0 Å². The Bertz CT molecular complexity index is 1740. The summed E-state index contributed by atoms with van der Waals surface area (Å²) in [5.74, 6) is 0.925. The number of benzene rings is 4. The minimum Gasteiger partial charge on any atom is -0.497 e. The second kappa shape index (κ2) is 25.5. The van der Waals surface area contributed by atoms with Gasteiger partial charge in [-0.15, -0.1) is 0 Å². The Hall–Kier alpha value is -2.91. The minimum atomic E-state index is -1.85. The molecular weight excluding hydrogens is 781 g/mol. The van der Waals surface area contributed by atoms with Gasteiger partial charge in [0.05, 0.1) is 7.11 Å². The Morgan fingerprint density at radius 2 is 0.786 bits per heavy atom. The van der Waals surface area contributed by atoms with Crippen molar-refractivity contribution in [2.45, 2.75) is 149 Å². The van der Waals surface area contributed by atoms with E-state index in [0.717, 1.165) is 5.75 Å². The first-order chi connectivity index (χ1) is 26.1. The van der Waals surface area contributed by atoms with Crippen molar-refractivity contribution in [2.75, 3.05) is 7.11 Å². The fourth-order valence-corrected chi connectivity index (χ4v) is 21.0. The number of ether oxygens (including phenoxy) is 1. The molecule has 0 N–H and O–H groups in total. The van der Waals surface area contributed by atoms with Crippen LogP contribution >= 0.6 is 0 Å². The summed E-state index contributed by atoms with van der Waals surface area (Å²) in [4.78, 5) is 0. The van der Waals surface area contributed by atoms with Crippen LogP contribution in [0.4, 0.5) is 0 Å². The van der Waals surface area contributed by atoms with Gasteiger partial charge < -0.3 is 4.74 Å². The Morgan fingerprint density at radius 3 is 1.04 bits per heavy atom. The van der Waals surface area contributed by atoms with Gasteiger partial charge in [-0.2, -0.15) is 0 Å². The van der Waals surface area contributed by atoms with E-state index in [1.807, 2.05) is 6.08 Å². The molecule has 0 aliphatic carbocycles. The van der Waals surface area contributed by atoms with Crippen molar-refractivity contribution in [3.8, 4) is 5.75 Å². The zero-order chi connectivity index (χ0) is 41.3. The third-order valence-electron chi connectivity index (χ3n) is 11.2. The zero-order valence-electron chi connectivity index (χ0n) is 37.6. The van der Waals surface area contributed by atoms with Crippen LogP contribution in [-0.2, 0) is 0 Å². The molecule has 0 saturated carbocycles. The molecule has 0 bridgehead atoms. The molecule has 4 rings (SSSR count). The molecule has 0 spiro atoms. The number of unbranched alkanes of at least 4 members (excludes halogenated alkanes) is 3. The average molecular weight is 860 g/mol. The Labute approximate surface area is 352 Å². The summed E-state index contributed by atoms with van der Waals surface area (Å²) in [6.45, 7) is 36.7. The molecule has 2 radical (unpaired) electrons. The van der Waals surface area contributed by atoms with Gasteiger partial charge in [0.25, 0.3) is 0 Å². The van der Waals surface area contributed by atoms with Gasteiger partial charge in [-0.3, -0.25) is 0 Å². The van der Waals surface area contributed by atoms with Gasteiger partial charge in [0, 0.05) is 0 Å². The van der Waals surface area contributed by atoms with Crippen molar-refractivity contribution in [3.63, 3.8) is 0 Å². The fraction of sp³-hybridized carbons (Fsp3) is 0.462. The van der Waals surface area contributed by atoms with Crippen molar-refractivity contribution in [2.24, 2.45) is 0 Å². The summed E-state index contributed by atoms with van der Waals surface area (Å²) in [6, 6.07) is 17.6. The number of hydrogen-bond donors (Lipinski definition) is 0. The molecule has 0 atom stereocenters. The predicted molar refractivity (Wildman–Crippen MR) is 262 cm³/mol. The molecule has 0 aromatic heterocycles. The summed E-state index contributed by atoms with van der Waals surface area (Å²) in [6.07, 6.45) is 10.4. The van der Waals surface area contributed by atoms with Gasteiger partial charge in [-0.05, 0) is 86.9 Å². The first-order valence-electron chi connectivity index (χ1n) is 21.0. The summed E-state index contributed by atoms with van der Waals surface area (Å²) in [5.41, 5.74) is 19.6. The summed E-state index contributed by atoms with van der Waals surface area (Å²) in [5, 5.41) is 0. The van der Waals surface area contributed by atoms with Crippen LogP contribution in [0.2, 0.25) is 13.3 Å². The maximum atomic E-state index is 5.33. The van der Waals surface area contributed by atoms with Gasteiger partial charge in [0.2, 0.25) is 0 Å². The van der Waals surface area contributed by atoms with Crippen LogP contribution in [0.25, 0.3) is 6.08 Å². The van der Waals surface area contributed by atoms with Crippen molar-refractivity contribution in [3.05, 3.63) is 127 Å². The maximum Gasteiger partial charge on any atom is 0.192 e. The van der Waals surface area contributed by atoms with Crippen LogP contribution in [-0.4, -0.2) is 40.0 Å². The van der Waals surface area contributed by atoms with Gasteiger partial charge in [-0.1, -0.05) is 134 Å². The molecule has 4 aromatic carbocycles. The third kappa shape index (κ3) is 15.4. The van der Waals surface area contributed by atoms with E-state index in [4.69, 9.17) is 4.74 Å². The summed E-state index contributed by atoms with van der Waals surface area (Å²) >= 11 is -1.85. The maximum absolute atomic E-state index is 5.33. The molecule has 0 heterocycles. The van der Waals surface area contributed by atoms with Crippen LogP contribution in [0.1, 0.15) is 128 Å². The number of hydrogen-bond acceptors (Lipinski definition) is 1. The number of rotatable bonds is 16. The number of aryl methyl sites for hydroxylation is 10. The van der Waals surface area contributed by atoms with Crippen molar-refractivity contribution in [1.29, 1.82) is 0 Å².